The van der Waals surface area contributed by atoms with E-state index in [9.17, 15) is 4.79 Å². The smallest absolute Gasteiger partial charge is 0.265 e. The molecule has 132 valence electrons. The topological polar surface area (TPSA) is 69.2 Å². The second kappa shape index (κ2) is 8.73. The van der Waals surface area contributed by atoms with E-state index in [0.717, 1.165) is 16.8 Å². The number of carbonyl (C=O) groups is 1. The second-order valence-corrected chi connectivity index (χ2v) is 5.41. The van der Waals surface area contributed by atoms with E-state index < -0.39 is 0 Å². The van der Waals surface area contributed by atoms with Crippen LogP contribution in [0.15, 0.2) is 41.6 Å². The van der Waals surface area contributed by atoms with Gasteiger partial charge in [0.15, 0.2) is 18.1 Å². The molecule has 0 radical (unpaired) electrons. The van der Waals surface area contributed by atoms with Gasteiger partial charge in [0.1, 0.15) is 0 Å². The van der Waals surface area contributed by atoms with Crippen molar-refractivity contribution in [3.63, 3.8) is 0 Å². The predicted octanol–water partition coefficient (Wildman–Crippen LogP) is 3.31. The van der Waals surface area contributed by atoms with E-state index in [-0.39, 0.29) is 12.5 Å². The molecule has 0 saturated carbocycles. The highest BCUT2D eigenvalue weighted by Crippen LogP contribution is 2.29. The molecule has 0 aromatic heterocycles. The number of hydrogen-bond acceptors (Lipinski definition) is 5. The minimum absolute atomic E-state index is 0.184. The van der Waals surface area contributed by atoms with Gasteiger partial charge in [0.2, 0.25) is 0 Å². The molecule has 0 aliphatic carbocycles. The summed E-state index contributed by atoms with van der Waals surface area (Å²) in [6.07, 6.45) is 1.48. The summed E-state index contributed by atoms with van der Waals surface area (Å²) in [5, 5.41) is 6.67. The van der Waals surface area contributed by atoms with E-state index in [1.807, 2.05) is 44.2 Å². The Morgan fingerprint density at radius 3 is 2.40 bits per heavy atom. The van der Waals surface area contributed by atoms with Crippen LogP contribution in [0.1, 0.15) is 16.7 Å². The Hall–Kier alpha value is -3.02. The summed E-state index contributed by atoms with van der Waals surface area (Å²) in [6.45, 7) is 3.70. The van der Waals surface area contributed by atoms with Crippen molar-refractivity contribution in [1.29, 1.82) is 0 Å². The first-order chi connectivity index (χ1) is 12.1. The van der Waals surface area contributed by atoms with Crippen molar-refractivity contribution in [2.45, 2.75) is 13.8 Å². The average molecular weight is 342 g/mol. The van der Waals surface area contributed by atoms with E-state index in [4.69, 9.17) is 14.3 Å². The molecule has 0 spiro atoms. The van der Waals surface area contributed by atoms with Gasteiger partial charge >= 0.3 is 0 Å². The summed E-state index contributed by atoms with van der Waals surface area (Å²) in [6, 6.07) is 11.2. The number of para-hydroxylation sites is 2. The van der Waals surface area contributed by atoms with Crippen LogP contribution < -0.4 is 14.8 Å². The quantitative estimate of drug-likeness (QED) is 0.619. The molecule has 0 heterocycles. The maximum absolute atomic E-state index is 12.0. The molecule has 25 heavy (non-hydrogen) atoms. The summed E-state index contributed by atoms with van der Waals surface area (Å²) in [4.78, 5) is 17.1. The minimum Gasteiger partial charge on any atom is -0.493 e. The number of oxime groups is 1. The zero-order valence-electron chi connectivity index (χ0n) is 14.8. The van der Waals surface area contributed by atoms with Crippen LogP contribution in [0.25, 0.3) is 0 Å². The largest absolute Gasteiger partial charge is 0.493 e. The number of benzene rings is 2. The number of ether oxygens (including phenoxy) is 2. The van der Waals surface area contributed by atoms with Crippen molar-refractivity contribution in [2.75, 3.05) is 26.1 Å². The highest BCUT2D eigenvalue weighted by atomic mass is 16.6. The van der Waals surface area contributed by atoms with Crippen molar-refractivity contribution in [1.82, 2.24) is 0 Å². The van der Waals surface area contributed by atoms with Crippen LogP contribution in [0, 0.1) is 13.8 Å². The number of anilines is 1. The van der Waals surface area contributed by atoms with E-state index >= 15 is 0 Å². The zero-order chi connectivity index (χ0) is 18.2. The van der Waals surface area contributed by atoms with Gasteiger partial charge in [-0.2, -0.15) is 0 Å². The third-order valence-corrected chi connectivity index (χ3v) is 3.64. The Balaban J connectivity index is 1.94. The van der Waals surface area contributed by atoms with Gasteiger partial charge in [-0.1, -0.05) is 29.4 Å². The molecule has 6 nitrogen and oxygen atoms in total. The Bertz CT molecular complexity index is 752. The number of carbonyl (C=O) groups excluding carboxylic acids is 1. The van der Waals surface area contributed by atoms with Crippen molar-refractivity contribution < 1.29 is 19.1 Å². The predicted molar refractivity (Wildman–Crippen MR) is 97.6 cm³/mol. The highest BCUT2D eigenvalue weighted by molar-refractivity contribution is 5.93. The van der Waals surface area contributed by atoms with Crippen molar-refractivity contribution in [3.8, 4) is 11.5 Å². The maximum Gasteiger partial charge on any atom is 0.265 e. The molecular weight excluding hydrogens is 320 g/mol. The Labute approximate surface area is 147 Å². The lowest BCUT2D eigenvalue weighted by atomic mass is 10.1. The summed E-state index contributed by atoms with van der Waals surface area (Å²) >= 11 is 0. The molecule has 2 aromatic rings. The van der Waals surface area contributed by atoms with Gasteiger partial charge in [-0.15, -0.1) is 0 Å². The lowest BCUT2D eigenvalue weighted by Crippen LogP contribution is -2.18. The fraction of sp³-hybridized carbons (Fsp3) is 0.263. The number of amides is 1. The first-order valence-corrected chi connectivity index (χ1v) is 7.79. The number of aryl methyl sites for hydroxylation is 2. The maximum atomic E-state index is 12.0. The summed E-state index contributed by atoms with van der Waals surface area (Å²) in [5.41, 5.74) is 3.49. The number of hydrogen-bond donors (Lipinski definition) is 1. The van der Waals surface area contributed by atoms with Gasteiger partial charge < -0.3 is 19.6 Å². The van der Waals surface area contributed by atoms with E-state index in [0.29, 0.717) is 17.1 Å². The van der Waals surface area contributed by atoms with Crippen molar-refractivity contribution >= 4 is 17.8 Å². The van der Waals surface area contributed by atoms with Crippen LogP contribution in [0.2, 0.25) is 0 Å². The van der Waals surface area contributed by atoms with Gasteiger partial charge in [0.05, 0.1) is 20.4 Å². The molecule has 0 atom stereocenters. The SMILES string of the molecule is COc1cccc(/C=N\OCC(=O)Nc2c(C)cccc2C)c1OC. The minimum atomic E-state index is -0.271. The molecule has 0 fully saturated rings. The van der Waals surface area contributed by atoms with Crippen LogP contribution in [0.5, 0.6) is 11.5 Å². The molecular formula is C19H22N2O4. The van der Waals surface area contributed by atoms with E-state index in [2.05, 4.69) is 10.5 Å². The van der Waals surface area contributed by atoms with Crippen molar-refractivity contribution in [3.05, 3.63) is 53.1 Å². The molecule has 1 N–H and O–H groups in total. The third-order valence-electron chi connectivity index (χ3n) is 3.64. The molecule has 0 saturated heterocycles. The summed E-state index contributed by atoms with van der Waals surface area (Å²) in [7, 11) is 3.11. The van der Waals surface area contributed by atoms with Crippen LogP contribution in [0.4, 0.5) is 5.69 Å². The Kier molecular flexibility index (Phi) is 6.39. The molecule has 0 aliphatic heterocycles. The van der Waals surface area contributed by atoms with Crippen LogP contribution in [-0.4, -0.2) is 32.9 Å². The zero-order valence-corrected chi connectivity index (χ0v) is 14.8. The number of methoxy groups -OCH3 is 2. The molecule has 1 amide bonds. The van der Waals surface area contributed by atoms with Gasteiger partial charge in [0, 0.05) is 11.3 Å². The van der Waals surface area contributed by atoms with Crippen LogP contribution >= 0.6 is 0 Å². The lowest BCUT2D eigenvalue weighted by molar-refractivity contribution is -0.120. The standard InChI is InChI=1S/C19H22N2O4/c1-13-7-5-8-14(2)18(13)21-17(22)12-25-20-11-15-9-6-10-16(23-3)19(15)24-4/h5-11H,12H2,1-4H3,(H,21,22)/b20-11-. The number of nitrogens with zero attached hydrogens (tertiary/aromatic N) is 1. The summed E-state index contributed by atoms with van der Waals surface area (Å²) in [5.74, 6) is 0.878. The Morgan fingerprint density at radius 2 is 1.76 bits per heavy atom. The van der Waals surface area contributed by atoms with Crippen molar-refractivity contribution in [2.24, 2.45) is 5.16 Å². The monoisotopic (exact) mass is 342 g/mol. The van der Waals surface area contributed by atoms with Gasteiger partial charge in [-0.25, -0.2) is 0 Å². The van der Waals surface area contributed by atoms with E-state index in [1.165, 1.54) is 6.21 Å². The normalized spacial score (nSPS) is 10.6. The van der Waals surface area contributed by atoms with Gasteiger partial charge in [-0.3, -0.25) is 4.79 Å². The number of rotatable bonds is 7. The molecule has 0 bridgehead atoms. The molecule has 0 aliphatic rings. The van der Waals surface area contributed by atoms with Gasteiger partial charge in [-0.05, 0) is 37.1 Å². The molecule has 6 heteroatoms. The average Bonchev–Trinajstić information content (AvgIpc) is 2.61. The first-order valence-electron chi connectivity index (χ1n) is 7.79. The molecule has 2 aromatic carbocycles. The fourth-order valence-electron chi connectivity index (χ4n) is 2.39. The Morgan fingerprint density at radius 1 is 1.08 bits per heavy atom. The highest BCUT2D eigenvalue weighted by Gasteiger charge is 2.09. The third kappa shape index (κ3) is 4.73. The molecule has 0 unspecified atom stereocenters. The van der Waals surface area contributed by atoms with Crippen LogP contribution in [-0.2, 0) is 9.63 Å². The van der Waals surface area contributed by atoms with Gasteiger partial charge in [0.25, 0.3) is 5.91 Å². The number of nitrogens with one attached hydrogen (secondary N) is 1. The molecule has 2 rings (SSSR count). The van der Waals surface area contributed by atoms with E-state index in [1.54, 1.807) is 20.3 Å². The fourth-order valence-corrected chi connectivity index (χ4v) is 2.39. The van der Waals surface area contributed by atoms with Crippen LogP contribution in [0.3, 0.4) is 0 Å². The lowest BCUT2D eigenvalue weighted by Gasteiger charge is -2.11. The summed E-state index contributed by atoms with van der Waals surface area (Å²) < 4.78 is 10.5. The first kappa shape index (κ1) is 18.3. The second-order valence-electron chi connectivity index (χ2n) is 5.41.